The average Bonchev–Trinajstić information content (AvgIpc) is 2.86. The Balaban J connectivity index is 1.71. The Labute approximate surface area is 153 Å². The Morgan fingerprint density at radius 3 is 2.80 bits per heavy atom. The Kier molecular flexibility index (Phi) is 4.30. The van der Waals surface area contributed by atoms with Crippen LogP contribution in [0.3, 0.4) is 0 Å². The zero-order valence-corrected chi connectivity index (χ0v) is 16.1. The van der Waals surface area contributed by atoms with Crippen molar-refractivity contribution in [2.24, 2.45) is 29.1 Å². The minimum Gasteiger partial charge on any atom is -0.496 e. The first-order valence-corrected chi connectivity index (χ1v) is 10.1. The highest BCUT2D eigenvalue weighted by Gasteiger charge is 2.53. The lowest BCUT2D eigenvalue weighted by Gasteiger charge is -2.51. The Morgan fingerprint density at radius 1 is 1.24 bits per heavy atom. The molecular weight excluding hydrogens is 304 g/mol. The number of allylic oxidation sites excluding steroid dienone is 8. The molecule has 0 spiro atoms. The molecule has 0 radical (unpaired) electrons. The fraction of sp³-hybridized carbons (Fsp3) is 0.583. The molecule has 0 amide bonds. The predicted molar refractivity (Wildman–Crippen MR) is 105 cm³/mol. The predicted octanol–water partition coefficient (Wildman–Crippen LogP) is 6.37. The summed E-state index contributed by atoms with van der Waals surface area (Å²) >= 11 is 0. The van der Waals surface area contributed by atoms with Crippen molar-refractivity contribution < 1.29 is 4.74 Å². The van der Waals surface area contributed by atoms with Gasteiger partial charge in [-0.05, 0) is 80.6 Å². The number of hydrogen-bond donors (Lipinski definition) is 0. The molecular formula is C24H32O. The molecule has 0 saturated heterocycles. The van der Waals surface area contributed by atoms with E-state index in [0.717, 1.165) is 29.1 Å². The lowest BCUT2D eigenvalue weighted by molar-refractivity contribution is 0.0500. The van der Waals surface area contributed by atoms with Crippen molar-refractivity contribution in [1.82, 2.24) is 0 Å². The van der Waals surface area contributed by atoms with E-state index in [1.165, 1.54) is 38.5 Å². The Morgan fingerprint density at radius 2 is 2.08 bits per heavy atom. The van der Waals surface area contributed by atoms with Gasteiger partial charge in [0.05, 0.1) is 7.11 Å². The van der Waals surface area contributed by atoms with Gasteiger partial charge in [0.15, 0.2) is 0 Å². The van der Waals surface area contributed by atoms with Crippen LogP contribution in [0, 0.1) is 29.1 Å². The summed E-state index contributed by atoms with van der Waals surface area (Å²) in [6.45, 7) is 8.77. The number of hydrogen-bond acceptors (Lipinski definition) is 1. The fourth-order valence-corrected chi connectivity index (χ4v) is 6.54. The second kappa shape index (κ2) is 6.34. The van der Waals surface area contributed by atoms with Gasteiger partial charge in [0.1, 0.15) is 5.76 Å². The molecule has 0 N–H and O–H groups in total. The molecule has 1 heteroatoms. The van der Waals surface area contributed by atoms with Crippen LogP contribution in [0.5, 0.6) is 0 Å². The minimum absolute atomic E-state index is 0.468. The van der Waals surface area contributed by atoms with Crippen LogP contribution in [0.1, 0.15) is 52.4 Å². The molecule has 4 aliphatic carbocycles. The lowest BCUT2D eigenvalue weighted by atomic mass is 9.53. The molecule has 0 aromatic rings. The van der Waals surface area contributed by atoms with Gasteiger partial charge in [-0.15, -0.1) is 0 Å². The van der Waals surface area contributed by atoms with Crippen molar-refractivity contribution in [3.8, 4) is 0 Å². The number of methoxy groups -OCH3 is 1. The molecule has 3 saturated carbocycles. The van der Waals surface area contributed by atoms with Crippen LogP contribution in [0.4, 0.5) is 0 Å². The lowest BCUT2D eigenvalue weighted by Crippen LogP contribution is -2.42. The topological polar surface area (TPSA) is 9.23 Å². The van der Waals surface area contributed by atoms with Gasteiger partial charge in [0.2, 0.25) is 0 Å². The molecule has 0 heterocycles. The van der Waals surface area contributed by atoms with E-state index < -0.39 is 0 Å². The van der Waals surface area contributed by atoms with E-state index >= 15 is 0 Å². The molecule has 5 atom stereocenters. The molecule has 0 aromatic carbocycles. The monoisotopic (exact) mass is 336 g/mol. The maximum absolute atomic E-state index is 5.72. The maximum atomic E-state index is 5.72. The van der Waals surface area contributed by atoms with Gasteiger partial charge in [0, 0.05) is 5.57 Å². The van der Waals surface area contributed by atoms with Gasteiger partial charge in [-0.25, -0.2) is 0 Å². The third-order valence-electron chi connectivity index (χ3n) is 7.83. The zero-order chi connectivity index (χ0) is 17.6. The molecule has 5 unspecified atom stereocenters. The van der Waals surface area contributed by atoms with Crippen molar-refractivity contribution in [1.29, 1.82) is 0 Å². The smallest absolute Gasteiger partial charge is 0.126 e. The van der Waals surface area contributed by atoms with Crippen LogP contribution in [-0.2, 0) is 4.74 Å². The van der Waals surface area contributed by atoms with E-state index in [1.54, 1.807) is 18.3 Å². The largest absolute Gasteiger partial charge is 0.496 e. The van der Waals surface area contributed by atoms with E-state index in [9.17, 15) is 0 Å². The molecule has 3 fully saturated rings. The van der Waals surface area contributed by atoms with Gasteiger partial charge in [-0.2, -0.15) is 0 Å². The van der Waals surface area contributed by atoms with Gasteiger partial charge in [-0.1, -0.05) is 49.0 Å². The summed E-state index contributed by atoms with van der Waals surface area (Å²) in [5.41, 5.74) is 4.96. The highest BCUT2D eigenvalue weighted by atomic mass is 16.5. The number of fused-ring (bicyclic) bond motifs is 5. The molecule has 0 aromatic heterocycles. The highest BCUT2D eigenvalue weighted by Crippen LogP contribution is 2.63. The van der Waals surface area contributed by atoms with Crippen LogP contribution in [0.15, 0.2) is 59.4 Å². The molecule has 4 rings (SSSR count). The quantitative estimate of drug-likeness (QED) is 0.532. The van der Waals surface area contributed by atoms with E-state index in [4.69, 9.17) is 4.74 Å². The number of ether oxygens (including phenoxy) is 1. The first-order valence-electron chi connectivity index (χ1n) is 10.1. The summed E-state index contributed by atoms with van der Waals surface area (Å²) in [5.74, 6) is 4.07. The maximum Gasteiger partial charge on any atom is 0.126 e. The van der Waals surface area contributed by atoms with E-state index in [-0.39, 0.29) is 0 Å². The second-order valence-electron chi connectivity index (χ2n) is 8.60. The summed E-state index contributed by atoms with van der Waals surface area (Å²) < 4.78 is 5.72. The molecule has 0 aliphatic heterocycles. The van der Waals surface area contributed by atoms with Crippen LogP contribution < -0.4 is 0 Å². The second-order valence-corrected chi connectivity index (χ2v) is 8.60. The Bertz CT molecular complexity index is 689. The highest BCUT2D eigenvalue weighted by molar-refractivity contribution is 5.44. The Hall–Kier alpha value is -1.50. The SMILES string of the molecule is C=CC1=C(OC)C=C2C(C=C1)CCC1C2CCC2(C)/C(=C\C)CCC12. The summed E-state index contributed by atoms with van der Waals surface area (Å²) in [6.07, 6.45) is 19.4. The minimum atomic E-state index is 0.468. The van der Waals surface area contributed by atoms with Gasteiger partial charge >= 0.3 is 0 Å². The van der Waals surface area contributed by atoms with Crippen LogP contribution >= 0.6 is 0 Å². The summed E-state index contributed by atoms with van der Waals surface area (Å²) in [4.78, 5) is 0. The normalized spacial score (nSPS) is 41.6. The molecule has 25 heavy (non-hydrogen) atoms. The zero-order valence-electron chi connectivity index (χ0n) is 16.1. The third-order valence-corrected chi connectivity index (χ3v) is 7.83. The molecule has 0 bridgehead atoms. The van der Waals surface area contributed by atoms with Crippen molar-refractivity contribution in [3.63, 3.8) is 0 Å². The average molecular weight is 337 g/mol. The molecule has 4 aliphatic rings. The van der Waals surface area contributed by atoms with Crippen molar-refractivity contribution >= 4 is 0 Å². The van der Waals surface area contributed by atoms with Gasteiger partial charge in [0.25, 0.3) is 0 Å². The number of rotatable bonds is 2. The van der Waals surface area contributed by atoms with E-state index in [1.807, 2.05) is 6.08 Å². The van der Waals surface area contributed by atoms with Crippen LogP contribution in [-0.4, -0.2) is 7.11 Å². The van der Waals surface area contributed by atoms with Gasteiger partial charge < -0.3 is 4.74 Å². The van der Waals surface area contributed by atoms with E-state index in [0.29, 0.717) is 11.3 Å². The van der Waals surface area contributed by atoms with Crippen molar-refractivity contribution in [2.75, 3.05) is 7.11 Å². The van der Waals surface area contributed by atoms with Crippen molar-refractivity contribution in [3.05, 3.63) is 59.4 Å². The van der Waals surface area contributed by atoms with Gasteiger partial charge in [-0.3, -0.25) is 0 Å². The first-order chi connectivity index (χ1) is 12.1. The van der Waals surface area contributed by atoms with Crippen molar-refractivity contribution in [2.45, 2.75) is 52.4 Å². The van der Waals surface area contributed by atoms with Crippen LogP contribution in [0.2, 0.25) is 0 Å². The van der Waals surface area contributed by atoms with Crippen LogP contribution in [0.25, 0.3) is 0 Å². The standard InChI is InChI=1S/C24H32O/c1-5-16-7-8-17-9-11-20-19(21(17)15-23(16)25-4)13-14-24(3)18(6-2)10-12-22(20)24/h5-8,15,17,19-20,22H,1,9-14H2,2-4H3/b18-6-. The third kappa shape index (κ3) is 2.50. The molecule has 1 nitrogen and oxygen atoms in total. The van der Waals surface area contributed by atoms with E-state index in [2.05, 4.69) is 44.7 Å². The summed E-state index contributed by atoms with van der Waals surface area (Å²) in [6, 6.07) is 0. The summed E-state index contributed by atoms with van der Waals surface area (Å²) in [7, 11) is 1.79. The molecule has 134 valence electrons. The summed E-state index contributed by atoms with van der Waals surface area (Å²) in [5, 5.41) is 0. The first kappa shape index (κ1) is 16.9. The fourth-order valence-electron chi connectivity index (χ4n) is 6.54.